The van der Waals surface area contributed by atoms with Gasteiger partial charge in [0.25, 0.3) is 0 Å². The molecule has 0 aliphatic rings. The van der Waals surface area contributed by atoms with Crippen LogP contribution in [0, 0.1) is 5.92 Å². The predicted molar refractivity (Wildman–Crippen MR) is 87.1 cm³/mol. The maximum Gasteiger partial charge on any atom is 0.159 e. The van der Waals surface area contributed by atoms with Crippen molar-refractivity contribution in [1.82, 2.24) is 9.97 Å². The van der Waals surface area contributed by atoms with Crippen LogP contribution in [0.1, 0.15) is 58.7 Å². The Morgan fingerprint density at radius 1 is 1.20 bits per heavy atom. The molecule has 1 aromatic heterocycles. The van der Waals surface area contributed by atoms with E-state index in [1.807, 2.05) is 6.92 Å². The molecule has 114 valence electrons. The number of anilines is 1. The van der Waals surface area contributed by atoms with Crippen LogP contribution < -0.4 is 5.32 Å². The monoisotopic (exact) mass is 343 g/mol. The van der Waals surface area contributed by atoms with Crippen molar-refractivity contribution in [2.75, 3.05) is 18.5 Å². The van der Waals surface area contributed by atoms with Crippen LogP contribution in [-0.4, -0.2) is 23.1 Å². The summed E-state index contributed by atoms with van der Waals surface area (Å²) in [6.45, 7) is 12.1. The van der Waals surface area contributed by atoms with Crippen LogP contribution in [0.3, 0.4) is 0 Å². The third-order valence-corrected chi connectivity index (χ3v) is 3.74. The molecular weight excluding hydrogens is 318 g/mol. The maximum atomic E-state index is 5.74. The van der Waals surface area contributed by atoms with E-state index in [1.54, 1.807) is 0 Å². The van der Waals surface area contributed by atoms with Gasteiger partial charge in [0.05, 0.1) is 10.2 Å². The molecule has 1 rings (SSSR count). The van der Waals surface area contributed by atoms with Crippen LogP contribution in [0.15, 0.2) is 4.47 Å². The van der Waals surface area contributed by atoms with Gasteiger partial charge in [-0.25, -0.2) is 9.97 Å². The number of aromatic nitrogens is 2. The van der Waals surface area contributed by atoms with Gasteiger partial charge >= 0.3 is 0 Å². The number of rotatable bonds is 8. The zero-order chi connectivity index (χ0) is 15.1. The molecule has 0 aliphatic heterocycles. The average molecular weight is 344 g/mol. The van der Waals surface area contributed by atoms with Crippen molar-refractivity contribution < 1.29 is 4.74 Å². The molecule has 1 aromatic rings. The van der Waals surface area contributed by atoms with E-state index in [9.17, 15) is 0 Å². The number of nitrogens with zero attached hydrogens (tertiary/aromatic N) is 2. The zero-order valence-corrected chi connectivity index (χ0v) is 14.7. The smallest absolute Gasteiger partial charge is 0.159 e. The third kappa shape index (κ3) is 4.70. The highest BCUT2D eigenvalue weighted by molar-refractivity contribution is 9.10. The molecule has 1 atom stereocenters. The van der Waals surface area contributed by atoms with E-state index in [4.69, 9.17) is 9.72 Å². The van der Waals surface area contributed by atoms with Crippen LogP contribution in [0.2, 0.25) is 0 Å². The number of ether oxygens (including phenoxy) is 1. The van der Waals surface area contributed by atoms with Gasteiger partial charge < -0.3 is 10.1 Å². The van der Waals surface area contributed by atoms with Crippen LogP contribution in [0.4, 0.5) is 5.82 Å². The third-order valence-electron chi connectivity index (χ3n) is 2.91. The minimum atomic E-state index is -0.0311. The van der Waals surface area contributed by atoms with Crippen molar-refractivity contribution in [1.29, 1.82) is 0 Å². The first-order valence-electron chi connectivity index (χ1n) is 7.45. The number of hydrogen-bond donors (Lipinski definition) is 1. The molecule has 1 unspecified atom stereocenters. The Labute approximate surface area is 130 Å². The first-order chi connectivity index (χ1) is 9.53. The van der Waals surface area contributed by atoms with Gasteiger partial charge in [-0.3, -0.25) is 0 Å². The molecule has 4 nitrogen and oxygen atoms in total. The van der Waals surface area contributed by atoms with Gasteiger partial charge in [0.2, 0.25) is 0 Å². The lowest BCUT2D eigenvalue weighted by molar-refractivity contribution is 0.0533. The van der Waals surface area contributed by atoms with Crippen LogP contribution in [-0.2, 0) is 11.2 Å². The second kappa shape index (κ2) is 8.57. The Morgan fingerprint density at radius 2 is 1.90 bits per heavy atom. The van der Waals surface area contributed by atoms with Crippen molar-refractivity contribution in [2.45, 2.75) is 53.6 Å². The Morgan fingerprint density at radius 3 is 2.40 bits per heavy atom. The lowest BCUT2D eigenvalue weighted by Crippen LogP contribution is -2.14. The van der Waals surface area contributed by atoms with E-state index < -0.39 is 0 Å². The number of hydrogen-bond acceptors (Lipinski definition) is 4. The summed E-state index contributed by atoms with van der Waals surface area (Å²) in [5, 5.41) is 3.30. The topological polar surface area (TPSA) is 47.0 Å². The minimum Gasteiger partial charge on any atom is -0.371 e. The molecule has 5 heteroatoms. The Hall–Kier alpha value is -0.680. The normalized spacial score (nSPS) is 12.8. The molecule has 0 bridgehead atoms. The molecule has 0 saturated carbocycles. The first-order valence-corrected chi connectivity index (χ1v) is 8.24. The van der Waals surface area contributed by atoms with Gasteiger partial charge in [0.15, 0.2) is 5.82 Å². The van der Waals surface area contributed by atoms with E-state index in [1.165, 1.54) is 0 Å². The SMILES string of the molecule is CCNc1nc(C(CC)OCC)nc(CC(C)C)c1Br. The average Bonchev–Trinajstić information content (AvgIpc) is 2.40. The summed E-state index contributed by atoms with van der Waals surface area (Å²) >= 11 is 3.63. The van der Waals surface area contributed by atoms with Crippen molar-refractivity contribution >= 4 is 21.7 Å². The summed E-state index contributed by atoms with van der Waals surface area (Å²) < 4.78 is 6.72. The summed E-state index contributed by atoms with van der Waals surface area (Å²) in [5.41, 5.74) is 1.05. The molecule has 0 radical (unpaired) electrons. The maximum absolute atomic E-state index is 5.74. The summed E-state index contributed by atoms with van der Waals surface area (Å²) in [5.74, 6) is 2.20. The fourth-order valence-corrected chi connectivity index (χ4v) is 2.52. The standard InChI is InChI=1S/C15H26BrN3O/c1-6-12(20-8-3)14-18-11(9-10(4)5)13(16)15(19-14)17-7-2/h10,12H,6-9H2,1-5H3,(H,17,18,19). The molecule has 0 spiro atoms. The van der Waals surface area contributed by atoms with Crippen molar-refractivity contribution in [3.63, 3.8) is 0 Å². The molecule has 1 N–H and O–H groups in total. The van der Waals surface area contributed by atoms with Crippen LogP contribution >= 0.6 is 15.9 Å². The number of halogens is 1. The molecule has 20 heavy (non-hydrogen) atoms. The highest BCUT2D eigenvalue weighted by Gasteiger charge is 2.18. The molecule has 0 fully saturated rings. The fourth-order valence-electron chi connectivity index (χ4n) is 2.04. The zero-order valence-electron chi connectivity index (χ0n) is 13.2. The highest BCUT2D eigenvalue weighted by Crippen LogP contribution is 2.28. The van der Waals surface area contributed by atoms with Gasteiger partial charge in [0.1, 0.15) is 11.9 Å². The molecule has 1 heterocycles. The predicted octanol–water partition coefficient (Wildman–Crippen LogP) is 4.36. The Balaban J connectivity index is 3.19. The summed E-state index contributed by atoms with van der Waals surface area (Å²) in [7, 11) is 0. The Bertz CT molecular complexity index is 424. The van der Waals surface area contributed by atoms with Crippen molar-refractivity contribution in [2.24, 2.45) is 5.92 Å². The van der Waals surface area contributed by atoms with Gasteiger partial charge in [-0.15, -0.1) is 0 Å². The fraction of sp³-hybridized carbons (Fsp3) is 0.733. The molecule has 0 amide bonds. The quantitative estimate of drug-likeness (QED) is 0.761. The Kier molecular flexibility index (Phi) is 7.45. The lowest BCUT2D eigenvalue weighted by atomic mass is 10.1. The second-order valence-corrected chi connectivity index (χ2v) is 5.96. The van der Waals surface area contributed by atoms with E-state index in [0.29, 0.717) is 12.5 Å². The summed E-state index contributed by atoms with van der Waals surface area (Å²) in [6, 6.07) is 0. The van der Waals surface area contributed by atoms with Gasteiger partial charge in [-0.1, -0.05) is 20.8 Å². The minimum absolute atomic E-state index is 0.0311. The molecular formula is C15H26BrN3O. The van der Waals surface area contributed by atoms with E-state index >= 15 is 0 Å². The van der Waals surface area contributed by atoms with Crippen LogP contribution in [0.5, 0.6) is 0 Å². The summed E-state index contributed by atoms with van der Waals surface area (Å²) in [4.78, 5) is 9.35. The second-order valence-electron chi connectivity index (χ2n) is 5.17. The molecule has 0 aliphatic carbocycles. The van der Waals surface area contributed by atoms with Crippen molar-refractivity contribution in [3.05, 3.63) is 16.0 Å². The van der Waals surface area contributed by atoms with E-state index in [-0.39, 0.29) is 6.10 Å². The lowest BCUT2D eigenvalue weighted by Gasteiger charge is -2.18. The van der Waals surface area contributed by atoms with Crippen molar-refractivity contribution in [3.8, 4) is 0 Å². The van der Waals surface area contributed by atoms with Gasteiger partial charge in [0, 0.05) is 13.2 Å². The van der Waals surface area contributed by atoms with E-state index in [0.717, 1.165) is 41.2 Å². The van der Waals surface area contributed by atoms with Crippen LogP contribution in [0.25, 0.3) is 0 Å². The molecule has 0 saturated heterocycles. The van der Waals surface area contributed by atoms with Gasteiger partial charge in [-0.2, -0.15) is 0 Å². The highest BCUT2D eigenvalue weighted by atomic mass is 79.9. The van der Waals surface area contributed by atoms with E-state index in [2.05, 4.69) is 53.9 Å². The van der Waals surface area contributed by atoms with Gasteiger partial charge in [-0.05, 0) is 48.5 Å². The largest absolute Gasteiger partial charge is 0.371 e. The molecule has 0 aromatic carbocycles. The first kappa shape index (κ1) is 17.4. The number of nitrogens with one attached hydrogen (secondary N) is 1. The summed E-state index contributed by atoms with van der Waals surface area (Å²) in [6.07, 6.45) is 1.77.